The molecule has 1 unspecified atom stereocenters. The van der Waals surface area contributed by atoms with Gasteiger partial charge in [-0.1, -0.05) is 11.2 Å². The van der Waals surface area contributed by atoms with Crippen molar-refractivity contribution in [2.24, 2.45) is 5.73 Å². The zero-order valence-electron chi connectivity index (χ0n) is 10.4. The van der Waals surface area contributed by atoms with E-state index in [1.165, 1.54) is 18.9 Å². The highest BCUT2D eigenvalue weighted by molar-refractivity contribution is 7.98. The Labute approximate surface area is 119 Å². The number of nitrogens with zero attached hydrogens (tertiary/aromatic N) is 1. The number of rotatable bonds is 6. The summed E-state index contributed by atoms with van der Waals surface area (Å²) in [5.74, 6) is 1.52. The van der Waals surface area contributed by atoms with Crippen LogP contribution in [0.15, 0.2) is 28.1 Å². The molecule has 0 amide bonds. The summed E-state index contributed by atoms with van der Waals surface area (Å²) in [7, 11) is 1.33. The van der Waals surface area contributed by atoms with E-state index in [2.05, 4.69) is 9.89 Å². The molecule has 0 fully saturated rings. The summed E-state index contributed by atoms with van der Waals surface area (Å²) in [5, 5.41) is 5.98. The number of thiophene rings is 1. The molecule has 0 saturated heterocycles. The molecular weight excluding hydrogens is 284 g/mol. The Hall–Kier alpha value is -1.31. The molecule has 0 aliphatic heterocycles. The maximum absolute atomic E-state index is 11.1. The first kappa shape index (κ1) is 14.1. The van der Waals surface area contributed by atoms with Gasteiger partial charge in [0.1, 0.15) is 6.04 Å². The maximum atomic E-state index is 11.1. The number of hydrogen-bond acceptors (Lipinski definition) is 7. The van der Waals surface area contributed by atoms with Crippen molar-refractivity contribution in [3.05, 3.63) is 29.3 Å². The summed E-state index contributed by atoms with van der Waals surface area (Å²) in [4.78, 5) is 12.2. The van der Waals surface area contributed by atoms with Crippen LogP contribution in [0.1, 0.15) is 5.69 Å². The predicted octanol–water partition coefficient (Wildman–Crippen LogP) is 2.14. The molecule has 19 heavy (non-hydrogen) atoms. The molecule has 1 atom stereocenters. The minimum atomic E-state index is -0.598. The Bertz CT molecular complexity index is 525. The van der Waals surface area contributed by atoms with Crippen LogP contribution in [0, 0.1) is 0 Å². The van der Waals surface area contributed by atoms with E-state index in [1.807, 2.05) is 23.6 Å². The standard InChI is InChI=1S/C12H14N2O3S2/c1-16-12(15)9(13)7-18-6-8-5-10(17-14-8)11-3-2-4-19-11/h2-5,9H,6-7,13H2,1H3. The molecule has 0 aliphatic carbocycles. The van der Waals surface area contributed by atoms with E-state index >= 15 is 0 Å². The van der Waals surface area contributed by atoms with E-state index < -0.39 is 12.0 Å². The molecule has 0 bridgehead atoms. The number of carbonyl (C=O) groups is 1. The molecule has 2 aromatic rings. The Balaban J connectivity index is 1.83. The highest BCUT2D eigenvalue weighted by atomic mass is 32.2. The van der Waals surface area contributed by atoms with Crippen LogP contribution < -0.4 is 5.73 Å². The van der Waals surface area contributed by atoms with Gasteiger partial charge in [0.25, 0.3) is 0 Å². The molecule has 0 radical (unpaired) electrons. The smallest absolute Gasteiger partial charge is 0.323 e. The molecule has 7 heteroatoms. The molecule has 5 nitrogen and oxygen atoms in total. The third-order valence-corrected chi connectivity index (χ3v) is 4.35. The summed E-state index contributed by atoms with van der Waals surface area (Å²) in [6, 6.07) is 5.25. The monoisotopic (exact) mass is 298 g/mol. The number of carbonyl (C=O) groups excluding carboxylic acids is 1. The Morgan fingerprint density at radius 2 is 2.53 bits per heavy atom. The van der Waals surface area contributed by atoms with Gasteiger partial charge in [0.15, 0.2) is 5.76 Å². The lowest BCUT2D eigenvalue weighted by Gasteiger charge is -2.07. The number of thioether (sulfide) groups is 1. The van der Waals surface area contributed by atoms with Crippen molar-refractivity contribution >= 4 is 29.1 Å². The highest BCUT2D eigenvalue weighted by Gasteiger charge is 2.14. The average Bonchev–Trinajstić information content (AvgIpc) is 3.07. The van der Waals surface area contributed by atoms with E-state index in [9.17, 15) is 4.79 Å². The second kappa shape index (κ2) is 6.74. The van der Waals surface area contributed by atoms with E-state index in [4.69, 9.17) is 10.3 Å². The Morgan fingerprint density at radius 1 is 1.68 bits per heavy atom. The lowest BCUT2D eigenvalue weighted by molar-refractivity contribution is -0.141. The van der Waals surface area contributed by atoms with Crippen LogP contribution >= 0.6 is 23.1 Å². The number of methoxy groups -OCH3 is 1. The van der Waals surface area contributed by atoms with Crippen LogP contribution in [0.25, 0.3) is 10.6 Å². The van der Waals surface area contributed by atoms with E-state index in [0.29, 0.717) is 11.5 Å². The number of nitrogens with two attached hydrogens (primary N) is 1. The minimum Gasteiger partial charge on any atom is -0.468 e. The van der Waals surface area contributed by atoms with Gasteiger partial charge in [-0.15, -0.1) is 11.3 Å². The second-order valence-electron chi connectivity index (χ2n) is 3.80. The summed E-state index contributed by atoms with van der Waals surface area (Å²) in [5.41, 5.74) is 6.48. The van der Waals surface area contributed by atoms with Gasteiger partial charge < -0.3 is 15.0 Å². The molecule has 0 aliphatic rings. The van der Waals surface area contributed by atoms with Crippen LogP contribution in [0.4, 0.5) is 0 Å². The molecule has 0 aromatic carbocycles. The quantitative estimate of drug-likeness (QED) is 0.823. The van der Waals surface area contributed by atoms with Crippen molar-refractivity contribution in [3.63, 3.8) is 0 Å². The Kier molecular flexibility index (Phi) is 5.00. The second-order valence-corrected chi connectivity index (χ2v) is 5.78. The van der Waals surface area contributed by atoms with Crippen LogP contribution in [0.3, 0.4) is 0 Å². The fraction of sp³-hybridized carbons (Fsp3) is 0.333. The number of aromatic nitrogens is 1. The molecule has 2 rings (SSSR count). The third kappa shape index (κ3) is 3.82. The van der Waals surface area contributed by atoms with Gasteiger partial charge in [0.05, 0.1) is 17.7 Å². The van der Waals surface area contributed by atoms with Gasteiger partial charge in [-0.25, -0.2) is 0 Å². The maximum Gasteiger partial charge on any atom is 0.323 e. The molecule has 2 N–H and O–H groups in total. The summed E-state index contributed by atoms with van der Waals surface area (Å²) in [6.07, 6.45) is 0. The summed E-state index contributed by atoms with van der Waals surface area (Å²) < 4.78 is 9.82. The fourth-order valence-electron chi connectivity index (χ4n) is 1.42. The largest absolute Gasteiger partial charge is 0.468 e. The van der Waals surface area contributed by atoms with E-state index in [-0.39, 0.29) is 0 Å². The zero-order valence-corrected chi connectivity index (χ0v) is 12.0. The number of esters is 1. The molecular formula is C12H14N2O3S2. The van der Waals surface area contributed by atoms with Crippen molar-refractivity contribution in [2.75, 3.05) is 12.9 Å². The first-order valence-corrected chi connectivity index (χ1v) is 7.64. The van der Waals surface area contributed by atoms with Crippen LogP contribution in [0.2, 0.25) is 0 Å². The molecule has 2 heterocycles. The fourth-order valence-corrected chi connectivity index (χ4v) is 2.95. The molecule has 2 aromatic heterocycles. The lowest BCUT2D eigenvalue weighted by atomic mass is 10.3. The van der Waals surface area contributed by atoms with Crippen LogP contribution in [-0.2, 0) is 15.3 Å². The van der Waals surface area contributed by atoms with Gasteiger partial charge in [0, 0.05) is 17.6 Å². The van der Waals surface area contributed by atoms with Gasteiger partial charge in [0.2, 0.25) is 0 Å². The van der Waals surface area contributed by atoms with Crippen molar-refractivity contribution in [2.45, 2.75) is 11.8 Å². The SMILES string of the molecule is COC(=O)C(N)CSCc1cc(-c2cccs2)on1. The lowest BCUT2D eigenvalue weighted by Crippen LogP contribution is -2.33. The van der Waals surface area contributed by atoms with Crippen molar-refractivity contribution < 1.29 is 14.1 Å². The number of hydrogen-bond donors (Lipinski definition) is 1. The van der Waals surface area contributed by atoms with Gasteiger partial charge in [-0.2, -0.15) is 11.8 Å². The topological polar surface area (TPSA) is 78.4 Å². The van der Waals surface area contributed by atoms with Gasteiger partial charge in [-0.3, -0.25) is 4.79 Å². The molecule has 0 saturated carbocycles. The molecule has 102 valence electrons. The van der Waals surface area contributed by atoms with Crippen LogP contribution in [0.5, 0.6) is 0 Å². The van der Waals surface area contributed by atoms with Gasteiger partial charge >= 0.3 is 5.97 Å². The third-order valence-electron chi connectivity index (χ3n) is 2.37. The minimum absolute atomic E-state index is 0.396. The van der Waals surface area contributed by atoms with E-state index in [0.717, 1.165) is 16.3 Å². The first-order chi connectivity index (χ1) is 9.20. The summed E-state index contributed by atoms with van der Waals surface area (Å²) >= 11 is 3.13. The van der Waals surface area contributed by atoms with Gasteiger partial charge in [-0.05, 0) is 11.4 Å². The van der Waals surface area contributed by atoms with Crippen molar-refractivity contribution in [1.82, 2.24) is 5.16 Å². The predicted molar refractivity (Wildman–Crippen MR) is 76.0 cm³/mol. The zero-order chi connectivity index (χ0) is 13.7. The highest BCUT2D eigenvalue weighted by Crippen LogP contribution is 2.26. The summed E-state index contributed by atoms with van der Waals surface area (Å²) in [6.45, 7) is 0. The number of ether oxygens (including phenoxy) is 1. The first-order valence-electron chi connectivity index (χ1n) is 5.61. The Morgan fingerprint density at radius 3 is 3.21 bits per heavy atom. The van der Waals surface area contributed by atoms with Crippen molar-refractivity contribution in [1.29, 1.82) is 0 Å². The van der Waals surface area contributed by atoms with Crippen LogP contribution in [-0.4, -0.2) is 30.0 Å². The molecule has 0 spiro atoms. The average molecular weight is 298 g/mol. The normalized spacial score (nSPS) is 12.3. The van der Waals surface area contributed by atoms with E-state index in [1.54, 1.807) is 11.3 Å². The van der Waals surface area contributed by atoms with Crippen molar-refractivity contribution in [3.8, 4) is 10.6 Å².